The van der Waals surface area contributed by atoms with E-state index in [-0.39, 0.29) is 0 Å². The molecule has 0 fully saturated rings. The molecule has 0 aliphatic carbocycles. The van der Waals surface area contributed by atoms with Gasteiger partial charge in [-0.15, -0.1) is 0 Å². The van der Waals surface area contributed by atoms with Gasteiger partial charge in [0, 0.05) is 0 Å². The van der Waals surface area contributed by atoms with Crippen LogP contribution in [0.2, 0.25) is 0 Å². The van der Waals surface area contributed by atoms with Crippen LogP contribution in [0.15, 0.2) is 54.6 Å². The van der Waals surface area contributed by atoms with Crippen LogP contribution in [0, 0.1) is 6.08 Å². The Morgan fingerprint density at radius 1 is 0.950 bits per heavy atom. The highest BCUT2D eigenvalue weighted by molar-refractivity contribution is 5.64. The zero-order chi connectivity index (χ0) is 14.2. The Morgan fingerprint density at radius 2 is 1.65 bits per heavy atom. The number of hydrogen-bond acceptors (Lipinski definition) is 1. The molecular formula is C19H21O. The van der Waals surface area contributed by atoms with Crippen LogP contribution >= 0.6 is 0 Å². The SMILES string of the molecule is CC/[C]=C(/CC)c1ccc(OCc2ccccc2)cc1. The van der Waals surface area contributed by atoms with Crippen LogP contribution < -0.4 is 4.74 Å². The zero-order valence-corrected chi connectivity index (χ0v) is 12.2. The van der Waals surface area contributed by atoms with E-state index in [4.69, 9.17) is 4.74 Å². The Morgan fingerprint density at radius 3 is 2.25 bits per heavy atom. The summed E-state index contributed by atoms with van der Waals surface area (Å²) in [7, 11) is 0. The quantitative estimate of drug-likeness (QED) is 0.691. The minimum absolute atomic E-state index is 0.609. The molecule has 1 heteroatoms. The molecule has 0 atom stereocenters. The number of rotatable bonds is 6. The van der Waals surface area contributed by atoms with Crippen molar-refractivity contribution in [1.29, 1.82) is 0 Å². The molecule has 2 aromatic carbocycles. The van der Waals surface area contributed by atoms with Crippen LogP contribution in [-0.4, -0.2) is 0 Å². The summed E-state index contributed by atoms with van der Waals surface area (Å²) in [6.07, 6.45) is 5.37. The Labute approximate surface area is 121 Å². The summed E-state index contributed by atoms with van der Waals surface area (Å²) < 4.78 is 5.79. The van der Waals surface area contributed by atoms with Crippen molar-refractivity contribution in [3.8, 4) is 5.75 Å². The van der Waals surface area contributed by atoms with E-state index >= 15 is 0 Å². The molecule has 2 aromatic rings. The first kappa shape index (κ1) is 14.4. The van der Waals surface area contributed by atoms with Gasteiger partial charge in [0.25, 0.3) is 0 Å². The first-order chi connectivity index (χ1) is 9.83. The maximum Gasteiger partial charge on any atom is 0.119 e. The third-order valence-corrected chi connectivity index (χ3v) is 3.19. The number of hydrogen-bond donors (Lipinski definition) is 0. The van der Waals surface area contributed by atoms with Crippen molar-refractivity contribution in [2.45, 2.75) is 33.3 Å². The van der Waals surface area contributed by atoms with Gasteiger partial charge in [0.1, 0.15) is 12.4 Å². The van der Waals surface area contributed by atoms with Crippen molar-refractivity contribution in [2.75, 3.05) is 0 Å². The molecule has 0 bridgehead atoms. The first-order valence-corrected chi connectivity index (χ1v) is 7.20. The Balaban J connectivity index is 2.00. The summed E-state index contributed by atoms with van der Waals surface area (Å²) in [4.78, 5) is 0. The molecule has 103 valence electrons. The summed E-state index contributed by atoms with van der Waals surface area (Å²) in [6, 6.07) is 18.5. The fourth-order valence-electron chi connectivity index (χ4n) is 2.14. The lowest BCUT2D eigenvalue weighted by Gasteiger charge is -2.08. The topological polar surface area (TPSA) is 9.23 Å². The molecule has 0 aliphatic rings. The number of ether oxygens (including phenoxy) is 1. The first-order valence-electron chi connectivity index (χ1n) is 7.20. The molecule has 20 heavy (non-hydrogen) atoms. The second kappa shape index (κ2) is 7.54. The molecule has 0 saturated heterocycles. The van der Waals surface area contributed by atoms with E-state index in [1.54, 1.807) is 0 Å². The second-order valence-corrected chi connectivity index (χ2v) is 4.66. The molecule has 0 saturated carbocycles. The third-order valence-electron chi connectivity index (χ3n) is 3.19. The summed E-state index contributed by atoms with van der Waals surface area (Å²) in [5.74, 6) is 0.907. The van der Waals surface area contributed by atoms with Gasteiger partial charge in [-0.3, -0.25) is 0 Å². The largest absolute Gasteiger partial charge is 0.489 e. The van der Waals surface area contributed by atoms with Crippen molar-refractivity contribution >= 4 is 5.57 Å². The highest BCUT2D eigenvalue weighted by Gasteiger charge is 2.00. The lowest BCUT2D eigenvalue weighted by atomic mass is 10.0. The predicted octanol–water partition coefficient (Wildman–Crippen LogP) is 5.27. The van der Waals surface area contributed by atoms with Crippen LogP contribution in [0.3, 0.4) is 0 Å². The van der Waals surface area contributed by atoms with Crippen LogP contribution in [-0.2, 0) is 6.61 Å². The van der Waals surface area contributed by atoms with Gasteiger partial charge in [-0.2, -0.15) is 0 Å². The maximum absolute atomic E-state index is 5.79. The molecule has 1 radical (unpaired) electrons. The lowest BCUT2D eigenvalue weighted by Crippen LogP contribution is -1.95. The van der Waals surface area contributed by atoms with Crippen LogP contribution in [0.25, 0.3) is 5.57 Å². The van der Waals surface area contributed by atoms with E-state index in [9.17, 15) is 0 Å². The molecule has 0 spiro atoms. The van der Waals surface area contributed by atoms with Gasteiger partial charge < -0.3 is 4.74 Å². The van der Waals surface area contributed by atoms with Gasteiger partial charge in [0.15, 0.2) is 0 Å². The minimum atomic E-state index is 0.609. The minimum Gasteiger partial charge on any atom is -0.489 e. The Kier molecular flexibility index (Phi) is 5.43. The fraction of sp³-hybridized carbons (Fsp3) is 0.263. The highest BCUT2D eigenvalue weighted by atomic mass is 16.5. The normalized spacial score (nSPS) is 11.4. The molecule has 0 aliphatic heterocycles. The molecular weight excluding hydrogens is 244 g/mol. The van der Waals surface area contributed by atoms with Crippen molar-refractivity contribution in [3.63, 3.8) is 0 Å². The monoisotopic (exact) mass is 265 g/mol. The second-order valence-electron chi connectivity index (χ2n) is 4.66. The van der Waals surface area contributed by atoms with Gasteiger partial charge >= 0.3 is 0 Å². The standard InChI is InChI=1S/C19H21O/c1-3-8-17(4-2)18-11-13-19(14-12-18)20-15-16-9-6-5-7-10-16/h5-7,9-14H,3-4,15H2,1-2H3. The van der Waals surface area contributed by atoms with Crippen molar-refractivity contribution in [3.05, 3.63) is 71.8 Å². The smallest absolute Gasteiger partial charge is 0.119 e. The molecule has 0 unspecified atom stereocenters. The maximum atomic E-state index is 5.79. The lowest BCUT2D eigenvalue weighted by molar-refractivity contribution is 0.306. The van der Waals surface area contributed by atoms with Crippen LogP contribution in [0.1, 0.15) is 37.8 Å². The predicted molar refractivity (Wildman–Crippen MR) is 84.4 cm³/mol. The molecule has 0 amide bonds. The fourth-order valence-corrected chi connectivity index (χ4v) is 2.14. The van der Waals surface area contributed by atoms with Crippen molar-refractivity contribution in [1.82, 2.24) is 0 Å². The van der Waals surface area contributed by atoms with Crippen molar-refractivity contribution in [2.24, 2.45) is 0 Å². The molecule has 2 rings (SSSR count). The van der Waals surface area contributed by atoms with Crippen LogP contribution in [0.5, 0.6) is 5.75 Å². The average molecular weight is 265 g/mol. The van der Waals surface area contributed by atoms with Gasteiger partial charge in [0.05, 0.1) is 0 Å². The van der Waals surface area contributed by atoms with Gasteiger partial charge in [-0.05, 0) is 47.8 Å². The van der Waals surface area contributed by atoms with E-state index in [1.807, 2.05) is 30.3 Å². The van der Waals surface area contributed by atoms with E-state index in [1.165, 1.54) is 16.7 Å². The Bertz CT molecular complexity index is 538. The molecule has 0 aromatic heterocycles. The van der Waals surface area contributed by atoms with Gasteiger partial charge in [0.2, 0.25) is 0 Å². The summed E-state index contributed by atoms with van der Waals surface area (Å²) in [5, 5.41) is 0. The third kappa shape index (κ3) is 3.99. The van der Waals surface area contributed by atoms with Crippen molar-refractivity contribution < 1.29 is 4.74 Å². The molecule has 1 nitrogen and oxygen atoms in total. The zero-order valence-electron chi connectivity index (χ0n) is 12.2. The molecule has 0 heterocycles. The summed E-state index contributed by atoms with van der Waals surface area (Å²) in [5.41, 5.74) is 3.70. The Hall–Kier alpha value is -2.02. The van der Waals surface area contributed by atoms with E-state index in [0.29, 0.717) is 6.61 Å². The number of allylic oxidation sites excluding steroid dienone is 2. The molecule has 0 N–H and O–H groups in total. The summed E-state index contributed by atoms with van der Waals surface area (Å²) in [6.45, 7) is 4.89. The van der Waals surface area contributed by atoms with E-state index < -0.39 is 0 Å². The van der Waals surface area contributed by atoms with Gasteiger partial charge in [-0.1, -0.05) is 56.3 Å². The van der Waals surface area contributed by atoms with E-state index in [2.05, 4.69) is 44.2 Å². The van der Waals surface area contributed by atoms with E-state index in [0.717, 1.165) is 18.6 Å². The average Bonchev–Trinajstić information content (AvgIpc) is 2.52. The van der Waals surface area contributed by atoms with Crippen LogP contribution in [0.4, 0.5) is 0 Å². The number of benzene rings is 2. The van der Waals surface area contributed by atoms with Gasteiger partial charge in [-0.25, -0.2) is 0 Å². The summed E-state index contributed by atoms with van der Waals surface area (Å²) >= 11 is 0. The highest BCUT2D eigenvalue weighted by Crippen LogP contribution is 2.21.